The summed E-state index contributed by atoms with van der Waals surface area (Å²) < 4.78 is 19.5. The van der Waals surface area contributed by atoms with E-state index in [1.54, 1.807) is 6.20 Å². The van der Waals surface area contributed by atoms with Gasteiger partial charge < -0.3 is 4.74 Å². The van der Waals surface area contributed by atoms with E-state index in [-0.39, 0.29) is 11.3 Å². The Kier molecular flexibility index (Phi) is 3.25. The zero-order valence-electron chi connectivity index (χ0n) is 11.3. The second-order valence-electron chi connectivity index (χ2n) is 4.61. The topological polar surface area (TPSA) is 45.9 Å². The molecule has 0 saturated heterocycles. The summed E-state index contributed by atoms with van der Waals surface area (Å²) in [5.41, 5.74) is 1.14. The van der Waals surface area contributed by atoms with Crippen molar-refractivity contribution in [3.05, 3.63) is 65.7 Å². The van der Waals surface area contributed by atoms with Gasteiger partial charge in [-0.15, -0.1) is 0 Å². The van der Waals surface area contributed by atoms with Gasteiger partial charge in [-0.05, 0) is 25.1 Å². The Balaban J connectivity index is 2.07. The van der Waals surface area contributed by atoms with Crippen LogP contribution in [0.25, 0.3) is 10.8 Å². The highest BCUT2D eigenvalue weighted by molar-refractivity contribution is 5.89. The van der Waals surface area contributed by atoms with Crippen molar-refractivity contribution in [2.45, 2.75) is 6.92 Å². The van der Waals surface area contributed by atoms with Crippen molar-refractivity contribution in [1.82, 2.24) is 4.98 Å². The van der Waals surface area contributed by atoms with Gasteiger partial charge in [0.2, 0.25) is 0 Å². The predicted molar refractivity (Wildman–Crippen MR) is 77.7 cm³/mol. The number of fused-ring (bicyclic) bond motifs is 1. The van der Waals surface area contributed by atoms with Crippen molar-refractivity contribution >= 4 is 10.8 Å². The second-order valence-corrected chi connectivity index (χ2v) is 4.61. The lowest BCUT2D eigenvalue weighted by molar-refractivity contribution is 0.444. The number of nitrogens with zero attached hydrogens (tertiary/aromatic N) is 2. The molecule has 3 aromatic rings. The molecule has 0 aliphatic heterocycles. The third-order valence-corrected chi connectivity index (χ3v) is 3.24. The molecule has 4 heteroatoms. The molecule has 0 fully saturated rings. The molecule has 0 amide bonds. The average molecular weight is 278 g/mol. The van der Waals surface area contributed by atoms with Crippen LogP contribution >= 0.6 is 0 Å². The van der Waals surface area contributed by atoms with E-state index in [4.69, 9.17) is 10.00 Å². The molecule has 0 bridgehead atoms. The first-order valence-corrected chi connectivity index (χ1v) is 6.41. The molecule has 0 aliphatic rings. The summed E-state index contributed by atoms with van der Waals surface area (Å²) in [6.07, 6.45) is 1.58. The minimum absolute atomic E-state index is 0.0739. The Morgan fingerprint density at radius 2 is 1.86 bits per heavy atom. The van der Waals surface area contributed by atoms with Gasteiger partial charge >= 0.3 is 0 Å². The minimum atomic E-state index is -0.571. The Morgan fingerprint density at radius 1 is 1.10 bits per heavy atom. The Bertz CT molecular complexity index is 868. The van der Waals surface area contributed by atoms with Gasteiger partial charge in [0.25, 0.3) is 0 Å². The highest BCUT2D eigenvalue weighted by atomic mass is 19.1. The predicted octanol–water partition coefficient (Wildman–Crippen LogP) is 4.35. The van der Waals surface area contributed by atoms with Crippen LogP contribution in [-0.4, -0.2) is 4.98 Å². The number of aromatic nitrogens is 1. The zero-order valence-corrected chi connectivity index (χ0v) is 11.3. The van der Waals surface area contributed by atoms with Crippen LogP contribution in [-0.2, 0) is 0 Å². The van der Waals surface area contributed by atoms with Crippen molar-refractivity contribution in [3.63, 3.8) is 0 Å². The van der Waals surface area contributed by atoms with E-state index in [0.29, 0.717) is 5.75 Å². The summed E-state index contributed by atoms with van der Waals surface area (Å²) in [6, 6.07) is 13.7. The molecule has 21 heavy (non-hydrogen) atoms. The molecule has 0 spiro atoms. The van der Waals surface area contributed by atoms with Crippen LogP contribution in [0.15, 0.2) is 48.7 Å². The quantitative estimate of drug-likeness (QED) is 0.700. The van der Waals surface area contributed by atoms with Gasteiger partial charge in [-0.2, -0.15) is 5.26 Å². The molecule has 2 aromatic carbocycles. The van der Waals surface area contributed by atoms with Crippen molar-refractivity contribution in [3.8, 4) is 17.6 Å². The maximum Gasteiger partial charge on any atom is 0.167 e. The summed E-state index contributed by atoms with van der Waals surface area (Å²) in [5, 5.41) is 10.6. The molecule has 0 atom stereocenters. The monoisotopic (exact) mass is 278 g/mol. The van der Waals surface area contributed by atoms with Crippen LogP contribution in [0.5, 0.6) is 11.5 Å². The molecule has 0 saturated carbocycles. The number of hydrogen-bond acceptors (Lipinski definition) is 3. The normalized spacial score (nSPS) is 10.3. The van der Waals surface area contributed by atoms with Gasteiger partial charge in [-0.1, -0.05) is 24.3 Å². The Hall–Kier alpha value is -2.93. The number of halogens is 1. The lowest BCUT2D eigenvalue weighted by Gasteiger charge is -2.10. The van der Waals surface area contributed by atoms with E-state index in [0.717, 1.165) is 22.5 Å². The molecule has 1 aromatic heterocycles. The number of ether oxygens (including phenoxy) is 1. The smallest absolute Gasteiger partial charge is 0.167 e. The van der Waals surface area contributed by atoms with Crippen LogP contribution in [0.2, 0.25) is 0 Å². The van der Waals surface area contributed by atoms with Crippen LogP contribution < -0.4 is 4.74 Å². The number of nitriles is 1. The van der Waals surface area contributed by atoms with Gasteiger partial charge in [-0.3, -0.25) is 4.98 Å². The zero-order chi connectivity index (χ0) is 14.8. The van der Waals surface area contributed by atoms with Crippen molar-refractivity contribution in [1.29, 1.82) is 5.26 Å². The van der Waals surface area contributed by atoms with Crippen LogP contribution in [0, 0.1) is 24.1 Å². The maximum atomic E-state index is 13.9. The SMILES string of the molecule is Cc1ncc(Oc2ccc(C#N)cc2F)c2ccccc12. The first kappa shape index (κ1) is 13.1. The molecular formula is C17H11FN2O. The fourth-order valence-corrected chi connectivity index (χ4v) is 2.16. The van der Waals surface area contributed by atoms with E-state index in [1.165, 1.54) is 12.1 Å². The van der Waals surface area contributed by atoms with Gasteiger partial charge in [0.15, 0.2) is 17.3 Å². The number of rotatable bonds is 2. The first-order valence-electron chi connectivity index (χ1n) is 6.41. The molecular weight excluding hydrogens is 267 g/mol. The average Bonchev–Trinajstić information content (AvgIpc) is 2.52. The number of pyridine rings is 1. The molecule has 0 N–H and O–H groups in total. The largest absolute Gasteiger partial charge is 0.452 e. The summed E-state index contributed by atoms with van der Waals surface area (Å²) in [6.45, 7) is 1.91. The molecule has 1 heterocycles. The van der Waals surface area contributed by atoms with Crippen LogP contribution in [0.1, 0.15) is 11.3 Å². The fraction of sp³-hybridized carbons (Fsp3) is 0.0588. The van der Waals surface area contributed by atoms with E-state index in [1.807, 2.05) is 37.3 Å². The lowest BCUT2D eigenvalue weighted by atomic mass is 10.1. The lowest BCUT2D eigenvalue weighted by Crippen LogP contribution is -1.93. The Labute approximate surface area is 121 Å². The fourth-order valence-electron chi connectivity index (χ4n) is 2.16. The van der Waals surface area contributed by atoms with Crippen molar-refractivity contribution in [2.24, 2.45) is 0 Å². The van der Waals surface area contributed by atoms with Crippen molar-refractivity contribution in [2.75, 3.05) is 0 Å². The molecule has 0 unspecified atom stereocenters. The minimum Gasteiger partial charge on any atom is -0.452 e. The van der Waals surface area contributed by atoms with Gasteiger partial charge in [0.1, 0.15) is 0 Å². The highest BCUT2D eigenvalue weighted by Crippen LogP contribution is 2.31. The maximum absolute atomic E-state index is 13.9. The third-order valence-electron chi connectivity index (χ3n) is 3.24. The van der Waals surface area contributed by atoms with Gasteiger partial charge in [0.05, 0.1) is 17.8 Å². The highest BCUT2D eigenvalue weighted by Gasteiger charge is 2.10. The molecule has 0 radical (unpaired) electrons. The van der Waals surface area contributed by atoms with E-state index in [9.17, 15) is 4.39 Å². The number of aryl methyl sites for hydroxylation is 1. The van der Waals surface area contributed by atoms with E-state index < -0.39 is 5.82 Å². The summed E-state index contributed by atoms with van der Waals surface area (Å²) in [5.74, 6) is -0.0108. The number of benzene rings is 2. The summed E-state index contributed by atoms with van der Waals surface area (Å²) in [4.78, 5) is 4.27. The third kappa shape index (κ3) is 2.41. The summed E-state index contributed by atoms with van der Waals surface area (Å²) >= 11 is 0. The van der Waals surface area contributed by atoms with E-state index >= 15 is 0 Å². The number of hydrogen-bond donors (Lipinski definition) is 0. The van der Waals surface area contributed by atoms with Crippen molar-refractivity contribution < 1.29 is 9.13 Å². The molecule has 3 rings (SSSR count). The molecule has 3 nitrogen and oxygen atoms in total. The summed E-state index contributed by atoms with van der Waals surface area (Å²) in [7, 11) is 0. The van der Waals surface area contributed by atoms with Gasteiger partial charge in [0, 0.05) is 16.5 Å². The van der Waals surface area contributed by atoms with E-state index in [2.05, 4.69) is 4.98 Å². The standard InChI is InChI=1S/C17H11FN2O/c1-11-13-4-2-3-5-14(13)17(10-20-11)21-16-7-6-12(9-19)8-15(16)18/h2-8,10H,1H3. The van der Waals surface area contributed by atoms with Gasteiger partial charge in [-0.25, -0.2) is 4.39 Å². The first-order chi connectivity index (χ1) is 10.2. The van der Waals surface area contributed by atoms with Crippen LogP contribution in [0.3, 0.4) is 0 Å². The van der Waals surface area contributed by atoms with Crippen LogP contribution in [0.4, 0.5) is 4.39 Å². The molecule has 102 valence electrons. The second kappa shape index (κ2) is 5.22. The Morgan fingerprint density at radius 3 is 2.57 bits per heavy atom. The molecule has 0 aliphatic carbocycles.